The molecule has 3 nitrogen and oxygen atoms in total. The highest BCUT2D eigenvalue weighted by atomic mass is 16.5. The third kappa shape index (κ3) is 4.29. The van der Waals surface area contributed by atoms with Gasteiger partial charge < -0.3 is 14.6 Å². The number of methoxy groups -OCH3 is 1. The third-order valence-corrected chi connectivity index (χ3v) is 4.40. The van der Waals surface area contributed by atoms with Crippen LogP contribution in [0.2, 0.25) is 0 Å². The predicted molar refractivity (Wildman–Crippen MR) is 84.5 cm³/mol. The van der Waals surface area contributed by atoms with Gasteiger partial charge in [0.25, 0.3) is 0 Å². The van der Waals surface area contributed by atoms with Gasteiger partial charge in [0, 0.05) is 13.0 Å². The van der Waals surface area contributed by atoms with Gasteiger partial charge in [-0.25, -0.2) is 0 Å². The molecule has 1 aliphatic heterocycles. The highest BCUT2D eigenvalue weighted by Gasteiger charge is 2.37. The van der Waals surface area contributed by atoms with E-state index in [0.29, 0.717) is 6.61 Å². The number of aryl methyl sites for hydroxylation is 2. The zero-order chi connectivity index (χ0) is 15.2. The van der Waals surface area contributed by atoms with Crippen LogP contribution in [-0.4, -0.2) is 37.1 Å². The largest absolute Gasteiger partial charge is 0.388 e. The van der Waals surface area contributed by atoms with Crippen LogP contribution >= 0.6 is 0 Å². The number of aliphatic hydroxyl groups is 1. The molecule has 0 bridgehead atoms. The normalized spacial score (nSPS) is 29.5. The van der Waals surface area contributed by atoms with E-state index in [4.69, 9.17) is 9.47 Å². The Labute approximate surface area is 128 Å². The lowest BCUT2D eigenvalue weighted by atomic mass is 9.90. The number of hydrogen-bond donors (Lipinski definition) is 1. The highest BCUT2D eigenvalue weighted by molar-refractivity contribution is 5.22. The molecule has 4 atom stereocenters. The van der Waals surface area contributed by atoms with Crippen molar-refractivity contribution in [2.75, 3.05) is 13.7 Å². The van der Waals surface area contributed by atoms with Crippen LogP contribution in [0.5, 0.6) is 0 Å². The molecular formula is C18H28O3. The summed E-state index contributed by atoms with van der Waals surface area (Å²) in [4.78, 5) is 0. The van der Waals surface area contributed by atoms with Crippen molar-refractivity contribution in [2.45, 2.75) is 57.8 Å². The van der Waals surface area contributed by atoms with E-state index >= 15 is 0 Å². The van der Waals surface area contributed by atoms with Crippen molar-refractivity contribution in [1.82, 2.24) is 0 Å². The molecule has 0 aromatic heterocycles. The molecule has 1 fully saturated rings. The summed E-state index contributed by atoms with van der Waals surface area (Å²) in [5, 5.41) is 10.3. The van der Waals surface area contributed by atoms with Gasteiger partial charge in [-0.2, -0.15) is 0 Å². The van der Waals surface area contributed by atoms with Crippen molar-refractivity contribution < 1.29 is 14.6 Å². The molecule has 1 aromatic rings. The number of benzene rings is 1. The Balaban J connectivity index is 1.87. The molecule has 2 rings (SSSR count). The maximum absolute atomic E-state index is 10.3. The first-order valence-corrected chi connectivity index (χ1v) is 8.06. The van der Waals surface area contributed by atoms with Crippen LogP contribution in [0.1, 0.15) is 37.8 Å². The summed E-state index contributed by atoms with van der Waals surface area (Å²) >= 11 is 0. The second-order valence-electron chi connectivity index (χ2n) is 6.15. The van der Waals surface area contributed by atoms with Gasteiger partial charge in [-0.05, 0) is 30.4 Å². The van der Waals surface area contributed by atoms with Gasteiger partial charge in [-0.15, -0.1) is 0 Å². The lowest BCUT2D eigenvalue weighted by Crippen LogP contribution is -2.50. The summed E-state index contributed by atoms with van der Waals surface area (Å²) in [5.41, 5.74) is 2.70. The van der Waals surface area contributed by atoms with Gasteiger partial charge in [0.1, 0.15) is 6.10 Å². The summed E-state index contributed by atoms with van der Waals surface area (Å²) in [6, 6.07) is 8.79. The van der Waals surface area contributed by atoms with Crippen molar-refractivity contribution in [1.29, 1.82) is 0 Å². The molecule has 1 heterocycles. The molecule has 118 valence electrons. The van der Waals surface area contributed by atoms with Gasteiger partial charge >= 0.3 is 0 Å². The van der Waals surface area contributed by atoms with Gasteiger partial charge in [-0.1, -0.05) is 44.5 Å². The quantitative estimate of drug-likeness (QED) is 0.876. The first-order chi connectivity index (χ1) is 10.2. The van der Waals surface area contributed by atoms with Crippen LogP contribution in [0, 0.1) is 5.92 Å². The van der Waals surface area contributed by atoms with Crippen molar-refractivity contribution in [3.63, 3.8) is 0 Å². The maximum atomic E-state index is 10.3. The topological polar surface area (TPSA) is 38.7 Å². The van der Waals surface area contributed by atoms with Crippen LogP contribution in [0.25, 0.3) is 0 Å². The average molecular weight is 292 g/mol. The van der Waals surface area contributed by atoms with Crippen LogP contribution in [0.3, 0.4) is 0 Å². The van der Waals surface area contributed by atoms with E-state index < -0.39 is 6.10 Å². The van der Waals surface area contributed by atoms with Crippen molar-refractivity contribution in [2.24, 2.45) is 5.92 Å². The van der Waals surface area contributed by atoms with Crippen molar-refractivity contribution >= 4 is 0 Å². The van der Waals surface area contributed by atoms with Crippen LogP contribution in [-0.2, 0) is 22.3 Å². The van der Waals surface area contributed by atoms with Crippen LogP contribution < -0.4 is 0 Å². The number of hydrogen-bond acceptors (Lipinski definition) is 3. The summed E-state index contributed by atoms with van der Waals surface area (Å²) < 4.78 is 11.2. The number of rotatable bonds is 6. The second-order valence-corrected chi connectivity index (χ2v) is 6.15. The summed E-state index contributed by atoms with van der Waals surface area (Å²) in [6.07, 6.45) is 3.31. The Morgan fingerprint density at radius 3 is 2.38 bits per heavy atom. The molecule has 1 N–H and O–H groups in total. The third-order valence-electron chi connectivity index (χ3n) is 4.40. The summed E-state index contributed by atoms with van der Waals surface area (Å²) in [5.74, 6) is 0.245. The van der Waals surface area contributed by atoms with E-state index in [9.17, 15) is 5.11 Å². The van der Waals surface area contributed by atoms with Gasteiger partial charge in [-0.3, -0.25) is 0 Å². The Bertz CT molecular complexity index is 415. The molecule has 0 aliphatic carbocycles. The molecule has 1 aromatic carbocycles. The fourth-order valence-corrected chi connectivity index (χ4v) is 3.11. The fraction of sp³-hybridized carbons (Fsp3) is 0.667. The zero-order valence-corrected chi connectivity index (χ0v) is 13.4. The lowest BCUT2D eigenvalue weighted by Gasteiger charge is -2.38. The predicted octanol–water partition coefficient (Wildman–Crippen LogP) is 2.98. The number of ether oxygens (including phenoxy) is 2. The fourth-order valence-electron chi connectivity index (χ4n) is 3.11. The van der Waals surface area contributed by atoms with E-state index in [1.807, 2.05) is 0 Å². The van der Waals surface area contributed by atoms with E-state index in [1.165, 1.54) is 17.5 Å². The first kappa shape index (κ1) is 16.5. The Morgan fingerprint density at radius 1 is 1.19 bits per heavy atom. The minimum Gasteiger partial charge on any atom is -0.388 e. The Hall–Kier alpha value is -0.900. The molecular weight excluding hydrogens is 264 g/mol. The minimum absolute atomic E-state index is 0.115. The molecule has 0 radical (unpaired) electrons. The molecule has 0 unspecified atom stereocenters. The number of aliphatic hydroxyl groups excluding tert-OH is 1. The van der Waals surface area contributed by atoms with Crippen molar-refractivity contribution in [3.8, 4) is 0 Å². The van der Waals surface area contributed by atoms with Crippen LogP contribution in [0.4, 0.5) is 0 Å². The summed E-state index contributed by atoms with van der Waals surface area (Å²) in [6.45, 7) is 4.92. The summed E-state index contributed by atoms with van der Waals surface area (Å²) in [7, 11) is 1.67. The molecule has 0 spiro atoms. The second kappa shape index (κ2) is 7.92. The molecule has 3 heteroatoms. The smallest absolute Gasteiger partial charge is 0.107 e. The molecule has 1 saturated heterocycles. The Kier molecular flexibility index (Phi) is 6.22. The zero-order valence-electron chi connectivity index (χ0n) is 13.4. The van der Waals surface area contributed by atoms with E-state index in [-0.39, 0.29) is 18.1 Å². The van der Waals surface area contributed by atoms with Crippen molar-refractivity contribution in [3.05, 3.63) is 35.4 Å². The van der Waals surface area contributed by atoms with Gasteiger partial charge in [0.05, 0.1) is 18.8 Å². The molecule has 1 aliphatic rings. The average Bonchev–Trinajstić information content (AvgIpc) is 2.49. The molecule has 21 heavy (non-hydrogen) atoms. The van der Waals surface area contributed by atoms with E-state index in [0.717, 1.165) is 19.3 Å². The standard InChI is InChI=1S/C18H28O3/c1-4-5-14-6-8-15(9-7-14)10-11-16-17(19)18(20-3)13(2)12-21-16/h6-9,13,16-19H,4-5,10-12H2,1-3H3/t13-,16-,17-,18-/m0/s1. The Morgan fingerprint density at radius 2 is 1.81 bits per heavy atom. The maximum Gasteiger partial charge on any atom is 0.107 e. The van der Waals surface area contributed by atoms with E-state index in [1.54, 1.807) is 7.11 Å². The van der Waals surface area contributed by atoms with Gasteiger partial charge in [0.2, 0.25) is 0 Å². The molecule has 0 amide bonds. The monoisotopic (exact) mass is 292 g/mol. The van der Waals surface area contributed by atoms with Gasteiger partial charge in [0.15, 0.2) is 0 Å². The highest BCUT2D eigenvalue weighted by Crippen LogP contribution is 2.25. The van der Waals surface area contributed by atoms with E-state index in [2.05, 4.69) is 38.1 Å². The lowest BCUT2D eigenvalue weighted by molar-refractivity contribution is -0.171. The van der Waals surface area contributed by atoms with Crippen LogP contribution in [0.15, 0.2) is 24.3 Å². The first-order valence-electron chi connectivity index (χ1n) is 8.06. The minimum atomic E-state index is -0.530. The SMILES string of the molecule is CCCc1ccc(CC[C@@H]2OC[C@H](C)[C@H](OC)[C@H]2O)cc1. The molecule has 0 saturated carbocycles.